The van der Waals surface area contributed by atoms with E-state index in [0.29, 0.717) is 0 Å². The molecule has 0 aliphatic carbocycles. The van der Waals surface area contributed by atoms with Crippen molar-refractivity contribution in [3.05, 3.63) is 170 Å². The van der Waals surface area contributed by atoms with Crippen LogP contribution in [0.15, 0.2) is 170 Å². The van der Waals surface area contributed by atoms with Crippen molar-refractivity contribution >= 4 is 65.2 Å². The normalized spacial score (nSPS) is 11.9. The number of fused-ring (bicyclic) bond motifs is 9. The van der Waals surface area contributed by atoms with Gasteiger partial charge in [-0.3, -0.25) is 0 Å². The van der Waals surface area contributed by atoms with Crippen LogP contribution in [-0.2, 0) is 0 Å². The zero-order chi connectivity index (χ0) is 30.2. The number of nitrogens with zero attached hydrogens (tertiary/aromatic N) is 2. The Bertz CT molecular complexity index is 2730. The van der Waals surface area contributed by atoms with Crippen molar-refractivity contribution in [1.82, 2.24) is 9.13 Å². The first-order chi connectivity index (χ1) is 22.8. The van der Waals surface area contributed by atoms with Gasteiger partial charge in [-0.15, -0.1) is 0 Å². The van der Waals surface area contributed by atoms with Gasteiger partial charge in [0.25, 0.3) is 0 Å². The molecule has 0 amide bonds. The minimum absolute atomic E-state index is 1.17. The lowest BCUT2D eigenvalue weighted by atomic mass is 9.98. The molecule has 0 aliphatic heterocycles. The number of rotatable bonds is 3. The molecule has 0 N–H and O–H groups in total. The van der Waals surface area contributed by atoms with E-state index in [1.54, 1.807) is 0 Å². The Labute approximate surface area is 266 Å². The first-order valence-corrected chi connectivity index (χ1v) is 15.9. The highest BCUT2D eigenvalue weighted by Gasteiger charge is 2.17. The molecule has 0 radical (unpaired) electrons. The van der Waals surface area contributed by atoms with Crippen LogP contribution in [0.4, 0.5) is 0 Å². The maximum absolute atomic E-state index is 2.41. The molecular weight excluding hydrogens is 556 g/mol. The highest BCUT2D eigenvalue weighted by atomic mass is 15.0. The van der Waals surface area contributed by atoms with Crippen molar-refractivity contribution in [2.24, 2.45) is 0 Å². The van der Waals surface area contributed by atoms with Crippen LogP contribution in [0.5, 0.6) is 0 Å². The Morgan fingerprint density at radius 2 is 0.826 bits per heavy atom. The monoisotopic (exact) mass is 584 g/mol. The zero-order valence-corrected chi connectivity index (χ0v) is 25.1. The number of hydrogen-bond donors (Lipinski definition) is 0. The Morgan fingerprint density at radius 3 is 1.57 bits per heavy atom. The topological polar surface area (TPSA) is 9.86 Å². The van der Waals surface area contributed by atoms with Gasteiger partial charge in [0.05, 0.1) is 22.1 Å². The largest absolute Gasteiger partial charge is 0.309 e. The van der Waals surface area contributed by atoms with Gasteiger partial charge in [-0.05, 0) is 99.4 Å². The first kappa shape index (κ1) is 25.2. The molecule has 2 nitrogen and oxygen atoms in total. The van der Waals surface area contributed by atoms with Gasteiger partial charge in [-0.25, -0.2) is 0 Å². The molecule has 0 saturated carbocycles. The molecule has 0 aliphatic rings. The maximum Gasteiger partial charge on any atom is 0.0547 e. The summed E-state index contributed by atoms with van der Waals surface area (Å²) in [6, 6.07) is 62.0. The third-order valence-electron chi connectivity index (χ3n) is 9.67. The molecule has 0 saturated heterocycles. The van der Waals surface area contributed by atoms with Gasteiger partial charge in [0, 0.05) is 32.9 Å². The molecule has 0 unspecified atom stereocenters. The lowest BCUT2D eigenvalue weighted by molar-refractivity contribution is 1.18. The van der Waals surface area contributed by atoms with E-state index in [-0.39, 0.29) is 0 Å². The van der Waals surface area contributed by atoms with Crippen LogP contribution < -0.4 is 0 Å². The number of para-hydroxylation sites is 3. The van der Waals surface area contributed by atoms with E-state index >= 15 is 0 Å². The quantitative estimate of drug-likeness (QED) is 0.183. The van der Waals surface area contributed by atoms with Crippen LogP contribution >= 0.6 is 0 Å². The molecule has 2 heteroatoms. The van der Waals surface area contributed by atoms with Crippen molar-refractivity contribution in [2.45, 2.75) is 0 Å². The average molecular weight is 585 g/mol. The fraction of sp³-hybridized carbons (Fsp3) is 0. The summed E-state index contributed by atoms with van der Waals surface area (Å²) in [5, 5.41) is 10.2. The lowest BCUT2D eigenvalue weighted by Gasteiger charge is -2.10. The predicted octanol–water partition coefficient (Wildman–Crippen LogP) is 11.9. The van der Waals surface area contributed by atoms with E-state index in [4.69, 9.17) is 0 Å². The summed E-state index contributed by atoms with van der Waals surface area (Å²) in [5.74, 6) is 0. The summed E-state index contributed by atoms with van der Waals surface area (Å²) in [6.07, 6.45) is 0. The Kier molecular flexibility index (Phi) is 5.31. The zero-order valence-electron chi connectivity index (χ0n) is 25.1. The van der Waals surface area contributed by atoms with Gasteiger partial charge < -0.3 is 9.13 Å². The van der Waals surface area contributed by atoms with E-state index in [1.807, 2.05) is 0 Å². The Morgan fingerprint density at radius 1 is 0.283 bits per heavy atom. The fourth-order valence-electron chi connectivity index (χ4n) is 7.57. The summed E-state index contributed by atoms with van der Waals surface area (Å²) in [5.41, 5.74) is 9.66. The van der Waals surface area contributed by atoms with E-state index in [2.05, 4.69) is 179 Å². The summed E-state index contributed by atoms with van der Waals surface area (Å²) in [4.78, 5) is 0. The molecule has 2 aromatic heterocycles. The number of benzene rings is 8. The van der Waals surface area contributed by atoms with Crippen LogP contribution in [0.1, 0.15) is 0 Å². The molecule has 0 atom stereocenters. The minimum Gasteiger partial charge on any atom is -0.309 e. The first-order valence-electron chi connectivity index (χ1n) is 15.9. The summed E-state index contributed by atoms with van der Waals surface area (Å²) in [6.45, 7) is 0. The summed E-state index contributed by atoms with van der Waals surface area (Å²) < 4.78 is 4.79. The van der Waals surface area contributed by atoms with Crippen LogP contribution in [0.3, 0.4) is 0 Å². The van der Waals surface area contributed by atoms with Gasteiger partial charge in [-0.2, -0.15) is 0 Å². The smallest absolute Gasteiger partial charge is 0.0547 e. The van der Waals surface area contributed by atoms with Crippen LogP contribution in [-0.4, -0.2) is 9.13 Å². The summed E-state index contributed by atoms with van der Waals surface area (Å²) >= 11 is 0. The highest BCUT2D eigenvalue weighted by molar-refractivity contribution is 6.23. The SMILES string of the molecule is c1ccc(-n2c3ccc(-c4ccc(-n5c6ccccc6c6ccccc65)cc4)cc3c3c4cc5ccccc5cc4ccc32)cc1. The van der Waals surface area contributed by atoms with E-state index < -0.39 is 0 Å². The third kappa shape index (κ3) is 3.65. The Balaban J connectivity index is 1.19. The van der Waals surface area contributed by atoms with Gasteiger partial charge in [0.15, 0.2) is 0 Å². The molecular formula is C44H28N2. The Hall–Kier alpha value is -6.12. The molecule has 46 heavy (non-hydrogen) atoms. The summed E-state index contributed by atoms with van der Waals surface area (Å²) in [7, 11) is 0. The number of hydrogen-bond acceptors (Lipinski definition) is 0. The molecule has 0 bridgehead atoms. The molecule has 2 heterocycles. The molecule has 10 aromatic rings. The van der Waals surface area contributed by atoms with Crippen LogP contribution in [0.25, 0.3) is 87.7 Å². The van der Waals surface area contributed by atoms with Crippen molar-refractivity contribution in [2.75, 3.05) is 0 Å². The third-order valence-corrected chi connectivity index (χ3v) is 9.67. The van der Waals surface area contributed by atoms with E-state index in [9.17, 15) is 0 Å². The second kappa shape index (κ2) is 9.69. The van der Waals surface area contributed by atoms with Crippen molar-refractivity contribution in [3.63, 3.8) is 0 Å². The predicted molar refractivity (Wildman–Crippen MR) is 196 cm³/mol. The highest BCUT2D eigenvalue weighted by Crippen LogP contribution is 2.40. The van der Waals surface area contributed by atoms with Gasteiger partial charge in [0.1, 0.15) is 0 Å². The number of aromatic nitrogens is 2. The van der Waals surface area contributed by atoms with Crippen LogP contribution in [0, 0.1) is 0 Å². The molecule has 0 fully saturated rings. The minimum atomic E-state index is 1.17. The van der Waals surface area contributed by atoms with Crippen molar-refractivity contribution in [1.29, 1.82) is 0 Å². The second-order valence-electron chi connectivity index (χ2n) is 12.2. The van der Waals surface area contributed by atoms with E-state index in [1.165, 1.54) is 87.7 Å². The van der Waals surface area contributed by atoms with Crippen LogP contribution in [0.2, 0.25) is 0 Å². The molecule has 214 valence electrons. The molecule has 8 aromatic carbocycles. The van der Waals surface area contributed by atoms with Gasteiger partial charge >= 0.3 is 0 Å². The van der Waals surface area contributed by atoms with Crippen molar-refractivity contribution < 1.29 is 0 Å². The molecule has 10 rings (SSSR count). The maximum atomic E-state index is 2.41. The standard InChI is InChI=1S/C44H28N2/c1-2-12-34(13-3-1)46-42-24-20-32(28-39(42)44-38-27-31-11-5-4-10-30(31)26-33(38)21-25-43(44)46)29-18-22-35(23-19-29)45-40-16-8-6-14-36(40)37-15-7-9-17-41(37)45/h1-28H. The van der Waals surface area contributed by atoms with Gasteiger partial charge in [0.2, 0.25) is 0 Å². The second-order valence-corrected chi connectivity index (χ2v) is 12.2. The van der Waals surface area contributed by atoms with E-state index in [0.717, 1.165) is 0 Å². The van der Waals surface area contributed by atoms with Crippen molar-refractivity contribution in [3.8, 4) is 22.5 Å². The average Bonchev–Trinajstić information content (AvgIpc) is 3.64. The molecule has 0 spiro atoms. The lowest BCUT2D eigenvalue weighted by Crippen LogP contribution is -1.94. The fourth-order valence-corrected chi connectivity index (χ4v) is 7.57. The van der Waals surface area contributed by atoms with Gasteiger partial charge in [-0.1, -0.05) is 103 Å².